The molecule has 0 heterocycles. The van der Waals surface area contributed by atoms with Crippen molar-refractivity contribution < 1.29 is 0 Å². The van der Waals surface area contributed by atoms with E-state index in [1.165, 1.54) is 5.56 Å². The van der Waals surface area contributed by atoms with Crippen LogP contribution in [0, 0.1) is 12.3 Å². The van der Waals surface area contributed by atoms with Gasteiger partial charge in [0.15, 0.2) is 0 Å². The maximum Gasteiger partial charge on any atom is 0.0562 e. The van der Waals surface area contributed by atoms with E-state index in [9.17, 15) is 0 Å². The molecule has 1 saturated carbocycles. The van der Waals surface area contributed by atoms with Crippen LogP contribution in [0.1, 0.15) is 18.4 Å². The third-order valence-corrected chi connectivity index (χ3v) is 3.73. The Bertz CT molecular complexity index is 386. The van der Waals surface area contributed by atoms with E-state index >= 15 is 0 Å². The normalized spacial score (nSPS) is 17.9. The number of halogens is 2. The van der Waals surface area contributed by atoms with Crippen LogP contribution in [0.25, 0.3) is 0 Å². The summed E-state index contributed by atoms with van der Waals surface area (Å²) in [6.45, 7) is 0. The van der Waals surface area contributed by atoms with Gasteiger partial charge in [0.25, 0.3) is 0 Å². The van der Waals surface area contributed by atoms with Crippen molar-refractivity contribution in [1.82, 2.24) is 0 Å². The molecule has 13 heavy (non-hydrogen) atoms. The Morgan fingerprint density at radius 3 is 2.62 bits per heavy atom. The Balaban J connectivity index is 2.44. The molecule has 0 saturated heterocycles. The predicted octanol–water partition coefficient (Wildman–Crippen LogP) is 3.77. The highest BCUT2D eigenvalue weighted by molar-refractivity contribution is 9.10. The zero-order valence-corrected chi connectivity index (χ0v) is 9.32. The van der Waals surface area contributed by atoms with E-state index in [4.69, 9.17) is 18.0 Å². The SMILES string of the molecule is C#CC1(c2ccc(Br)c(Cl)c2)CC1. The molecule has 0 atom stereocenters. The Kier molecular flexibility index (Phi) is 2.14. The molecule has 0 aromatic heterocycles. The van der Waals surface area contributed by atoms with Crippen LogP contribution in [0.3, 0.4) is 0 Å². The van der Waals surface area contributed by atoms with Crippen molar-refractivity contribution in [3.05, 3.63) is 33.3 Å². The lowest BCUT2D eigenvalue weighted by molar-refractivity contribution is 0.930. The lowest BCUT2D eigenvalue weighted by Crippen LogP contribution is -2.01. The van der Waals surface area contributed by atoms with E-state index in [1.54, 1.807) is 0 Å². The Hall–Kier alpha value is -0.450. The van der Waals surface area contributed by atoms with Gasteiger partial charge in [-0.2, -0.15) is 0 Å². The van der Waals surface area contributed by atoms with Gasteiger partial charge in [0.1, 0.15) is 0 Å². The fourth-order valence-corrected chi connectivity index (χ4v) is 1.86. The first-order valence-electron chi connectivity index (χ1n) is 4.11. The summed E-state index contributed by atoms with van der Waals surface area (Å²) in [4.78, 5) is 0. The molecule has 0 N–H and O–H groups in total. The zero-order valence-electron chi connectivity index (χ0n) is 6.98. The van der Waals surface area contributed by atoms with Crippen LogP contribution < -0.4 is 0 Å². The largest absolute Gasteiger partial charge is 0.119 e. The summed E-state index contributed by atoms with van der Waals surface area (Å²) in [5, 5.41) is 0.735. The number of rotatable bonds is 1. The summed E-state index contributed by atoms with van der Waals surface area (Å²) in [5.74, 6) is 2.84. The summed E-state index contributed by atoms with van der Waals surface area (Å²) < 4.78 is 0.922. The van der Waals surface area contributed by atoms with Crippen LogP contribution in [0.4, 0.5) is 0 Å². The van der Waals surface area contributed by atoms with Gasteiger partial charge in [0.2, 0.25) is 0 Å². The molecule has 1 aromatic carbocycles. The molecule has 2 heteroatoms. The van der Waals surface area contributed by atoms with Gasteiger partial charge in [0.05, 0.1) is 10.4 Å². The number of hydrogen-bond donors (Lipinski definition) is 0. The zero-order chi connectivity index (χ0) is 9.47. The Morgan fingerprint density at radius 2 is 2.15 bits per heavy atom. The first-order valence-corrected chi connectivity index (χ1v) is 5.28. The van der Waals surface area contributed by atoms with Gasteiger partial charge >= 0.3 is 0 Å². The van der Waals surface area contributed by atoms with Gasteiger partial charge in [-0.15, -0.1) is 6.42 Å². The number of hydrogen-bond acceptors (Lipinski definition) is 0. The van der Waals surface area contributed by atoms with Crippen molar-refractivity contribution in [2.24, 2.45) is 0 Å². The topological polar surface area (TPSA) is 0 Å². The summed E-state index contributed by atoms with van der Waals surface area (Å²) in [5.41, 5.74) is 1.16. The molecule has 66 valence electrons. The van der Waals surface area contributed by atoms with E-state index < -0.39 is 0 Å². The summed E-state index contributed by atoms with van der Waals surface area (Å²) >= 11 is 9.34. The lowest BCUT2D eigenvalue weighted by Gasteiger charge is -2.08. The van der Waals surface area contributed by atoms with Crippen LogP contribution in [0.15, 0.2) is 22.7 Å². The molecule has 1 aliphatic carbocycles. The summed E-state index contributed by atoms with van der Waals surface area (Å²) in [6, 6.07) is 5.95. The summed E-state index contributed by atoms with van der Waals surface area (Å²) in [6.07, 6.45) is 7.65. The first kappa shape index (κ1) is 9.12. The second-order valence-electron chi connectivity index (χ2n) is 3.36. The number of benzene rings is 1. The molecule has 1 aromatic rings. The van der Waals surface area contributed by atoms with E-state index in [-0.39, 0.29) is 5.41 Å². The molecule has 2 rings (SSSR count). The van der Waals surface area contributed by atoms with E-state index in [0.29, 0.717) is 0 Å². The minimum Gasteiger partial charge on any atom is -0.119 e. The molecule has 0 radical (unpaired) electrons. The van der Waals surface area contributed by atoms with E-state index in [2.05, 4.69) is 21.9 Å². The summed E-state index contributed by atoms with van der Waals surface area (Å²) in [7, 11) is 0. The molecule has 1 fully saturated rings. The molecule has 0 amide bonds. The fourth-order valence-electron chi connectivity index (χ4n) is 1.44. The smallest absolute Gasteiger partial charge is 0.0562 e. The van der Waals surface area contributed by atoms with Gasteiger partial charge in [0, 0.05) is 4.47 Å². The second kappa shape index (κ2) is 3.04. The fraction of sp³-hybridized carbons (Fsp3) is 0.273. The molecule has 0 spiro atoms. The van der Waals surface area contributed by atoms with Crippen molar-refractivity contribution >= 4 is 27.5 Å². The minimum atomic E-state index is -0.00958. The van der Waals surface area contributed by atoms with Gasteiger partial charge < -0.3 is 0 Å². The molecule has 0 aliphatic heterocycles. The van der Waals surface area contributed by atoms with Crippen LogP contribution in [0.5, 0.6) is 0 Å². The molecular weight excluding hydrogens is 247 g/mol. The highest BCUT2D eigenvalue weighted by Crippen LogP contribution is 2.48. The molecule has 1 aliphatic rings. The highest BCUT2D eigenvalue weighted by atomic mass is 79.9. The van der Waals surface area contributed by atoms with Crippen molar-refractivity contribution in [2.45, 2.75) is 18.3 Å². The maximum absolute atomic E-state index is 5.99. The van der Waals surface area contributed by atoms with Gasteiger partial charge in [-0.05, 0) is 46.5 Å². The molecular formula is C11H8BrCl. The Morgan fingerprint density at radius 1 is 1.46 bits per heavy atom. The Labute approximate surface area is 91.4 Å². The van der Waals surface area contributed by atoms with Crippen molar-refractivity contribution in [2.75, 3.05) is 0 Å². The maximum atomic E-state index is 5.99. The third kappa shape index (κ3) is 1.49. The predicted molar refractivity (Wildman–Crippen MR) is 58.9 cm³/mol. The van der Waals surface area contributed by atoms with Crippen LogP contribution >= 0.6 is 27.5 Å². The van der Waals surface area contributed by atoms with Crippen LogP contribution in [-0.4, -0.2) is 0 Å². The molecule has 0 unspecified atom stereocenters. The van der Waals surface area contributed by atoms with Gasteiger partial charge in [-0.25, -0.2) is 0 Å². The minimum absolute atomic E-state index is 0.00958. The van der Waals surface area contributed by atoms with Crippen LogP contribution in [0.2, 0.25) is 5.02 Å². The average molecular weight is 256 g/mol. The molecule has 0 bridgehead atoms. The van der Waals surface area contributed by atoms with E-state index in [1.807, 2.05) is 18.2 Å². The van der Waals surface area contributed by atoms with Crippen LogP contribution in [-0.2, 0) is 5.41 Å². The van der Waals surface area contributed by atoms with Gasteiger partial charge in [-0.1, -0.05) is 23.6 Å². The lowest BCUT2D eigenvalue weighted by atomic mass is 9.97. The second-order valence-corrected chi connectivity index (χ2v) is 4.62. The standard InChI is InChI=1S/C11H8BrCl/c1-2-11(5-6-11)8-3-4-9(12)10(13)7-8/h1,3-4,7H,5-6H2. The molecule has 0 nitrogen and oxygen atoms in total. The van der Waals surface area contributed by atoms with Crippen molar-refractivity contribution in [1.29, 1.82) is 0 Å². The first-order chi connectivity index (χ1) is 6.18. The monoisotopic (exact) mass is 254 g/mol. The third-order valence-electron chi connectivity index (χ3n) is 2.50. The van der Waals surface area contributed by atoms with Crippen molar-refractivity contribution in [3.8, 4) is 12.3 Å². The number of terminal acetylenes is 1. The van der Waals surface area contributed by atoms with Gasteiger partial charge in [-0.3, -0.25) is 0 Å². The van der Waals surface area contributed by atoms with Crippen molar-refractivity contribution in [3.63, 3.8) is 0 Å². The van der Waals surface area contributed by atoms with E-state index in [0.717, 1.165) is 22.3 Å². The average Bonchev–Trinajstić information content (AvgIpc) is 2.90. The highest BCUT2D eigenvalue weighted by Gasteiger charge is 2.42. The quantitative estimate of drug-likeness (QED) is 0.670.